The minimum absolute atomic E-state index is 0.00814. The zero-order chi connectivity index (χ0) is 18.9. The number of rotatable bonds is 4. The quantitative estimate of drug-likeness (QED) is 0.713. The number of morpholine rings is 1. The van der Waals surface area contributed by atoms with Crippen LogP contribution in [0.5, 0.6) is 5.75 Å². The summed E-state index contributed by atoms with van der Waals surface area (Å²) in [6.45, 7) is 0.637. The zero-order valence-electron chi connectivity index (χ0n) is 14.6. The largest absolute Gasteiger partial charge is 0.496 e. The number of ether oxygens (including phenoxy) is 2. The minimum Gasteiger partial charge on any atom is -0.496 e. The van der Waals surface area contributed by atoms with Gasteiger partial charge in [0, 0.05) is 26.7 Å². The number of carbonyl (C=O) groups excluding carboxylic acids is 2. The highest BCUT2D eigenvalue weighted by Crippen LogP contribution is 2.32. The van der Waals surface area contributed by atoms with Gasteiger partial charge in [-0.3, -0.25) is 9.59 Å². The first-order chi connectivity index (χ1) is 12.3. The predicted molar refractivity (Wildman–Crippen MR) is 91.5 cm³/mol. The van der Waals surface area contributed by atoms with Crippen molar-refractivity contribution in [3.63, 3.8) is 0 Å². The van der Waals surface area contributed by atoms with Crippen LogP contribution in [-0.2, 0) is 19.6 Å². The van der Waals surface area contributed by atoms with Crippen LogP contribution in [0.15, 0.2) is 23.1 Å². The molecule has 1 unspecified atom stereocenters. The summed E-state index contributed by atoms with van der Waals surface area (Å²) in [5.74, 6) is -0.350. The van der Waals surface area contributed by atoms with Crippen LogP contribution in [0, 0.1) is 0 Å². The van der Waals surface area contributed by atoms with E-state index in [1.165, 1.54) is 36.7 Å². The van der Waals surface area contributed by atoms with E-state index < -0.39 is 21.5 Å². The predicted octanol–water partition coefficient (Wildman–Crippen LogP) is -0.666. The average molecular weight is 383 g/mol. The Labute approximate surface area is 151 Å². The van der Waals surface area contributed by atoms with Crippen LogP contribution in [0.1, 0.15) is 16.8 Å². The summed E-state index contributed by atoms with van der Waals surface area (Å²) in [4.78, 5) is 23.3. The molecule has 1 aromatic rings. The fourth-order valence-electron chi connectivity index (χ4n) is 3.16. The molecule has 1 aromatic carbocycles. The van der Waals surface area contributed by atoms with Crippen LogP contribution in [0.2, 0.25) is 0 Å². The second-order valence-corrected chi connectivity index (χ2v) is 8.22. The minimum atomic E-state index is -3.81. The maximum absolute atomic E-state index is 13.0. The van der Waals surface area contributed by atoms with Crippen LogP contribution in [0.25, 0.3) is 0 Å². The molecule has 2 heterocycles. The van der Waals surface area contributed by atoms with Crippen molar-refractivity contribution < 1.29 is 27.5 Å². The molecule has 0 bridgehead atoms. The van der Waals surface area contributed by atoms with Crippen molar-refractivity contribution in [2.75, 3.05) is 40.4 Å². The number of nitrogens with zero attached hydrogens (tertiary/aromatic N) is 1. The van der Waals surface area contributed by atoms with E-state index in [-0.39, 0.29) is 42.6 Å². The molecule has 0 saturated carbocycles. The van der Waals surface area contributed by atoms with Gasteiger partial charge in [-0.25, -0.2) is 8.42 Å². The van der Waals surface area contributed by atoms with E-state index in [9.17, 15) is 18.0 Å². The van der Waals surface area contributed by atoms with Gasteiger partial charge in [0.25, 0.3) is 5.91 Å². The Morgan fingerprint density at radius 1 is 1.42 bits per heavy atom. The first kappa shape index (κ1) is 18.6. The highest BCUT2D eigenvalue weighted by Gasteiger charge is 2.46. The Hall–Kier alpha value is -2.17. The normalized spacial score (nSPS) is 23.7. The summed E-state index contributed by atoms with van der Waals surface area (Å²) in [5, 5.41) is 5.19. The monoisotopic (exact) mass is 383 g/mol. The molecule has 26 heavy (non-hydrogen) atoms. The van der Waals surface area contributed by atoms with Crippen molar-refractivity contribution in [2.24, 2.45) is 0 Å². The van der Waals surface area contributed by atoms with E-state index in [1.807, 2.05) is 0 Å². The average Bonchev–Trinajstić information content (AvgIpc) is 3.08. The van der Waals surface area contributed by atoms with Crippen LogP contribution in [-0.4, -0.2) is 70.5 Å². The molecule has 1 spiro atoms. The van der Waals surface area contributed by atoms with Crippen molar-refractivity contribution in [1.29, 1.82) is 0 Å². The van der Waals surface area contributed by atoms with Crippen molar-refractivity contribution in [3.05, 3.63) is 23.8 Å². The topological polar surface area (TPSA) is 114 Å². The fourth-order valence-corrected chi connectivity index (χ4v) is 4.71. The van der Waals surface area contributed by atoms with E-state index in [4.69, 9.17) is 9.47 Å². The van der Waals surface area contributed by atoms with E-state index in [0.29, 0.717) is 12.2 Å². The second kappa shape index (κ2) is 6.86. The molecule has 2 amide bonds. The van der Waals surface area contributed by atoms with E-state index in [2.05, 4.69) is 10.6 Å². The summed E-state index contributed by atoms with van der Waals surface area (Å²) in [6.07, 6.45) is 0.491. The molecule has 2 fully saturated rings. The Bertz CT molecular complexity index is 828. The first-order valence-electron chi connectivity index (χ1n) is 8.12. The van der Waals surface area contributed by atoms with Crippen LogP contribution < -0.4 is 15.4 Å². The molecule has 3 rings (SSSR count). The highest BCUT2D eigenvalue weighted by atomic mass is 32.2. The molecule has 2 aliphatic heterocycles. The maximum atomic E-state index is 13.0. The summed E-state index contributed by atoms with van der Waals surface area (Å²) in [5.41, 5.74) is -0.553. The van der Waals surface area contributed by atoms with Crippen molar-refractivity contribution in [2.45, 2.75) is 16.9 Å². The van der Waals surface area contributed by atoms with Crippen molar-refractivity contribution in [3.8, 4) is 5.75 Å². The van der Waals surface area contributed by atoms with E-state index >= 15 is 0 Å². The molecule has 9 nitrogen and oxygen atoms in total. The number of hydrogen-bond donors (Lipinski definition) is 2. The standard InChI is InChI=1S/C16H21N3O6S/c1-17-15(21)12-7-11(3-4-13(12)24-2)26(22,23)19-6-5-16(10-19)9-18-14(20)8-25-16/h3-4,7H,5-6,8-10H2,1-2H3,(H,17,21)(H,18,20). The molecule has 2 N–H and O–H groups in total. The third kappa shape index (κ3) is 3.27. The molecule has 2 aliphatic rings. The van der Waals surface area contributed by atoms with Crippen molar-refractivity contribution >= 4 is 21.8 Å². The highest BCUT2D eigenvalue weighted by molar-refractivity contribution is 7.89. The molecule has 2 saturated heterocycles. The summed E-state index contributed by atoms with van der Waals surface area (Å²) in [6, 6.07) is 4.18. The lowest BCUT2D eigenvalue weighted by Gasteiger charge is -2.33. The Balaban J connectivity index is 1.87. The fraction of sp³-hybridized carbons (Fsp3) is 0.500. The van der Waals surface area contributed by atoms with Gasteiger partial charge in [-0.2, -0.15) is 4.31 Å². The molecule has 0 aliphatic carbocycles. The van der Waals surface area contributed by atoms with Gasteiger partial charge >= 0.3 is 0 Å². The lowest BCUT2D eigenvalue weighted by molar-refractivity contribution is -0.141. The van der Waals surface area contributed by atoms with Crippen LogP contribution in [0.3, 0.4) is 0 Å². The number of benzene rings is 1. The van der Waals surface area contributed by atoms with E-state index in [1.54, 1.807) is 0 Å². The number of sulfonamides is 1. The molecule has 10 heteroatoms. The van der Waals surface area contributed by atoms with Gasteiger partial charge in [-0.1, -0.05) is 0 Å². The maximum Gasteiger partial charge on any atom is 0.254 e. The van der Waals surface area contributed by atoms with Gasteiger partial charge in [0.05, 0.1) is 17.6 Å². The molecule has 142 valence electrons. The molecule has 0 radical (unpaired) electrons. The number of nitrogens with one attached hydrogen (secondary N) is 2. The Morgan fingerprint density at radius 3 is 2.81 bits per heavy atom. The molecular weight excluding hydrogens is 362 g/mol. The Kier molecular flexibility index (Phi) is 4.91. The van der Waals surface area contributed by atoms with Gasteiger partial charge in [-0.05, 0) is 24.6 Å². The van der Waals surface area contributed by atoms with Crippen LogP contribution in [0.4, 0.5) is 0 Å². The Morgan fingerprint density at radius 2 is 2.19 bits per heavy atom. The third-order valence-corrected chi connectivity index (χ3v) is 6.52. The van der Waals surface area contributed by atoms with Gasteiger partial charge in [0.2, 0.25) is 15.9 Å². The summed E-state index contributed by atoms with van der Waals surface area (Å²) in [7, 11) is -0.940. The number of amides is 2. The smallest absolute Gasteiger partial charge is 0.254 e. The number of hydrogen-bond acceptors (Lipinski definition) is 6. The first-order valence-corrected chi connectivity index (χ1v) is 9.56. The van der Waals surface area contributed by atoms with Crippen molar-refractivity contribution in [1.82, 2.24) is 14.9 Å². The zero-order valence-corrected chi connectivity index (χ0v) is 15.4. The number of methoxy groups -OCH3 is 1. The molecule has 1 atom stereocenters. The summed E-state index contributed by atoms with van der Waals surface area (Å²) < 4.78 is 38.1. The van der Waals surface area contributed by atoms with Gasteiger partial charge in [0.15, 0.2) is 0 Å². The number of carbonyl (C=O) groups is 2. The lowest BCUT2D eigenvalue weighted by atomic mass is 10.0. The second-order valence-electron chi connectivity index (χ2n) is 6.28. The molecular formula is C16H21N3O6S. The lowest BCUT2D eigenvalue weighted by Crippen LogP contribution is -2.54. The summed E-state index contributed by atoms with van der Waals surface area (Å²) >= 11 is 0. The third-order valence-electron chi connectivity index (χ3n) is 4.68. The van der Waals surface area contributed by atoms with E-state index in [0.717, 1.165) is 0 Å². The van der Waals surface area contributed by atoms with Gasteiger partial charge < -0.3 is 20.1 Å². The molecule has 0 aromatic heterocycles. The van der Waals surface area contributed by atoms with Gasteiger partial charge in [0.1, 0.15) is 18.0 Å². The van der Waals surface area contributed by atoms with Crippen LogP contribution >= 0.6 is 0 Å². The SMILES string of the molecule is CNC(=O)c1cc(S(=O)(=O)N2CCC3(CNC(=O)CO3)C2)ccc1OC. The van der Waals surface area contributed by atoms with Gasteiger partial charge in [-0.15, -0.1) is 0 Å².